The Hall–Kier alpha value is -3.00. The topological polar surface area (TPSA) is 103 Å². The van der Waals surface area contributed by atoms with Crippen molar-refractivity contribution in [2.45, 2.75) is 25.8 Å². The van der Waals surface area contributed by atoms with E-state index in [0.29, 0.717) is 28.7 Å². The Kier molecular flexibility index (Phi) is 4.01. The van der Waals surface area contributed by atoms with E-state index in [1.807, 2.05) is 12.1 Å². The number of aromatic hydroxyl groups is 1. The summed E-state index contributed by atoms with van der Waals surface area (Å²) in [5.74, 6) is 0.792. The van der Waals surface area contributed by atoms with Crippen LogP contribution in [-0.2, 0) is 0 Å². The van der Waals surface area contributed by atoms with E-state index in [1.165, 1.54) is 12.8 Å². The molecule has 8 nitrogen and oxygen atoms in total. The highest BCUT2D eigenvalue weighted by Gasteiger charge is 2.46. The first-order chi connectivity index (χ1) is 13.6. The standard InChI is InChI=1S/C20H23N7O/c1-20(4-5-20)18-12-27(7-6-21-18)19-22-11-16(25-26-19)15-3-2-13(8-17(15)28)14-9-23-24-10-14/h2-3,8-11,18,21,28H,4-7,12H2,1H3,(H,23,24). The summed E-state index contributed by atoms with van der Waals surface area (Å²) in [7, 11) is 0. The van der Waals surface area contributed by atoms with Gasteiger partial charge in [-0.1, -0.05) is 13.0 Å². The van der Waals surface area contributed by atoms with Gasteiger partial charge in [-0.2, -0.15) is 5.10 Å². The maximum Gasteiger partial charge on any atom is 0.245 e. The van der Waals surface area contributed by atoms with E-state index >= 15 is 0 Å². The number of aromatic nitrogens is 5. The molecule has 1 saturated carbocycles. The van der Waals surface area contributed by atoms with Gasteiger partial charge in [0.05, 0.1) is 12.4 Å². The fourth-order valence-corrected chi connectivity index (χ4v) is 3.82. The summed E-state index contributed by atoms with van der Waals surface area (Å²) in [6, 6.07) is 5.93. The van der Waals surface area contributed by atoms with E-state index in [9.17, 15) is 5.11 Å². The molecule has 0 spiro atoms. The number of anilines is 1. The van der Waals surface area contributed by atoms with Crippen molar-refractivity contribution in [1.29, 1.82) is 0 Å². The molecule has 3 aromatic rings. The van der Waals surface area contributed by atoms with Crippen LogP contribution in [-0.4, -0.2) is 56.2 Å². The van der Waals surface area contributed by atoms with Crippen molar-refractivity contribution in [3.05, 3.63) is 36.8 Å². The van der Waals surface area contributed by atoms with Crippen molar-refractivity contribution in [3.8, 4) is 28.1 Å². The Balaban J connectivity index is 1.35. The lowest BCUT2D eigenvalue weighted by molar-refractivity contribution is 0.329. The minimum Gasteiger partial charge on any atom is -0.507 e. The van der Waals surface area contributed by atoms with Gasteiger partial charge in [0.2, 0.25) is 5.95 Å². The van der Waals surface area contributed by atoms with Crippen LogP contribution in [0.4, 0.5) is 5.95 Å². The molecule has 5 rings (SSSR count). The van der Waals surface area contributed by atoms with Gasteiger partial charge < -0.3 is 15.3 Å². The summed E-state index contributed by atoms with van der Waals surface area (Å²) >= 11 is 0. The quantitative estimate of drug-likeness (QED) is 0.640. The Labute approximate surface area is 163 Å². The maximum atomic E-state index is 10.4. The monoisotopic (exact) mass is 377 g/mol. The zero-order valence-corrected chi connectivity index (χ0v) is 15.8. The second-order valence-electron chi connectivity index (χ2n) is 7.97. The Bertz CT molecular complexity index is 967. The second-order valence-corrected chi connectivity index (χ2v) is 7.97. The molecule has 2 aliphatic rings. The third-order valence-electron chi connectivity index (χ3n) is 5.99. The average Bonchev–Trinajstić information content (AvgIpc) is 3.26. The number of rotatable bonds is 4. The predicted molar refractivity (Wildman–Crippen MR) is 106 cm³/mol. The first-order valence-corrected chi connectivity index (χ1v) is 9.63. The van der Waals surface area contributed by atoms with E-state index in [2.05, 4.69) is 42.5 Å². The second kappa shape index (κ2) is 6.56. The van der Waals surface area contributed by atoms with Gasteiger partial charge in [-0.15, -0.1) is 10.2 Å². The van der Waals surface area contributed by atoms with Crippen molar-refractivity contribution >= 4 is 5.95 Å². The molecule has 2 aromatic heterocycles. The van der Waals surface area contributed by atoms with E-state index in [1.54, 1.807) is 24.7 Å². The van der Waals surface area contributed by atoms with Crippen molar-refractivity contribution in [2.24, 2.45) is 5.41 Å². The van der Waals surface area contributed by atoms with E-state index < -0.39 is 0 Å². The zero-order valence-electron chi connectivity index (χ0n) is 15.8. The number of hydrogen-bond acceptors (Lipinski definition) is 7. The molecule has 8 heteroatoms. The van der Waals surface area contributed by atoms with Crippen LogP contribution in [0.3, 0.4) is 0 Å². The maximum absolute atomic E-state index is 10.4. The minimum absolute atomic E-state index is 0.145. The van der Waals surface area contributed by atoms with Gasteiger partial charge in [0.1, 0.15) is 11.4 Å². The SMILES string of the molecule is CC1(C2CN(c3ncc(-c4ccc(-c5cn[nH]c5)cc4O)nn3)CCN2)CC1. The predicted octanol–water partition coefficient (Wildman–Crippen LogP) is 2.21. The number of H-pyrrole nitrogens is 1. The molecule has 144 valence electrons. The fraction of sp³-hybridized carbons (Fsp3) is 0.400. The van der Waals surface area contributed by atoms with Crippen LogP contribution >= 0.6 is 0 Å². The smallest absolute Gasteiger partial charge is 0.245 e. The molecule has 1 atom stereocenters. The third-order valence-corrected chi connectivity index (χ3v) is 5.99. The van der Waals surface area contributed by atoms with Crippen molar-refractivity contribution in [1.82, 2.24) is 30.7 Å². The van der Waals surface area contributed by atoms with Crippen molar-refractivity contribution in [2.75, 3.05) is 24.5 Å². The number of nitrogens with one attached hydrogen (secondary N) is 2. The van der Waals surface area contributed by atoms with Gasteiger partial charge >= 0.3 is 0 Å². The van der Waals surface area contributed by atoms with E-state index in [4.69, 9.17) is 0 Å². The minimum atomic E-state index is 0.145. The van der Waals surface area contributed by atoms with Crippen molar-refractivity contribution < 1.29 is 5.11 Å². The molecule has 28 heavy (non-hydrogen) atoms. The first kappa shape index (κ1) is 17.1. The zero-order chi connectivity index (χ0) is 19.1. The number of hydrogen-bond donors (Lipinski definition) is 3. The molecule has 1 aromatic carbocycles. The molecular formula is C20H23N7O. The molecule has 1 aliphatic heterocycles. The van der Waals surface area contributed by atoms with Crippen LogP contribution in [0.1, 0.15) is 19.8 Å². The van der Waals surface area contributed by atoms with Crippen LogP contribution in [0.2, 0.25) is 0 Å². The summed E-state index contributed by atoms with van der Waals surface area (Å²) in [5, 5.41) is 29.5. The van der Waals surface area contributed by atoms with Crippen LogP contribution < -0.4 is 10.2 Å². The molecule has 2 fully saturated rings. The molecule has 1 unspecified atom stereocenters. The molecule has 3 heterocycles. The first-order valence-electron chi connectivity index (χ1n) is 9.63. The van der Waals surface area contributed by atoms with E-state index in [-0.39, 0.29) is 5.75 Å². The van der Waals surface area contributed by atoms with E-state index in [0.717, 1.165) is 30.8 Å². The highest BCUT2D eigenvalue weighted by Crippen LogP contribution is 2.48. The number of phenols is 1. The number of benzene rings is 1. The van der Waals surface area contributed by atoms with Gasteiger partial charge in [-0.25, -0.2) is 4.98 Å². The highest BCUT2D eigenvalue weighted by molar-refractivity contribution is 5.73. The molecule has 1 saturated heterocycles. The third kappa shape index (κ3) is 3.09. The van der Waals surface area contributed by atoms with Crippen LogP contribution in [0, 0.1) is 5.41 Å². The Morgan fingerprint density at radius 1 is 1.18 bits per heavy atom. The normalized spacial score (nSPS) is 20.9. The summed E-state index contributed by atoms with van der Waals surface area (Å²) in [5.41, 5.74) is 3.38. The number of nitrogens with zero attached hydrogens (tertiary/aromatic N) is 5. The molecule has 0 radical (unpaired) electrons. The summed E-state index contributed by atoms with van der Waals surface area (Å²) < 4.78 is 0. The van der Waals surface area contributed by atoms with Gasteiger partial charge in [0.15, 0.2) is 0 Å². The number of phenolic OH excluding ortho intramolecular Hbond substituents is 1. The van der Waals surface area contributed by atoms with Gasteiger partial charge in [-0.3, -0.25) is 5.10 Å². The van der Waals surface area contributed by atoms with Crippen molar-refractivity contribution in [3.63, 3.8) is 0 Å². The summed E-state index contributed by atoms with van der Waals surface area (Å²) in [6.45, 7) is 5.05. The fourth-order valence-electron chi connectivity index (χ4n) is 3.82. The lowest BCUT2D eigenvalue weighted by atomic mass is 9.97. The average molecular weight is 377 g/mol. The molecule has 0 bridgehead atoms. The molecule has 3 N–H and O–H groups in total. The van der Waals surface area contributed by atoms with Gasteiger partial charge in [0.25, 0.3) is 0 Å². The van der Waals surface area contributed by atoms with Gasteiger partial charge in [0, 0.05) is 43.0 Å². The van der Waals surface area contributed by atoms with Crippen LogP contribution in [0.25, 0.3) is 22.4 Å². The number of piperazine rings is 1. The number of aromatic amines is 1. The molecular weight excluding hydrogens is 354 g/mol. The Morgan fingerprint density at radius 3 is 2.75 bits per heavy atom. The van der Waals surface area contributed by atoms with Crippen LogP contribution in [0.15, 0.2) is 36.8 Å². The molecule has 1 aliphatic carbocycles. The van der Waals surface area contributed by atoms with Crippen LogP contribution in [0.5, 0.6) is 5.75 Å². The lowest BCUT2D eigenvalue weighted by Crippen LogP contribution is -2.54. The largest absolute Gasteiger partial charge is 0.507 e. The lowest BCUT2D eigenvalue weighted by Gasteiger charge is -2.36. The Morgan fingerprint density at radius 2 is 2.07 bits per heavy atom. The molecule has 0 amide bonds. The summed E-state index contributed by atoms with van der Waals surface area (Å²) in [6.07, 6.45) is 7.75. The van der Waals surface area contributed by atoms with Gasteiger partial charge in [-0.05, 0) is 36.0 Å². The highest BCUT2D eigenvalue weighted by atomic mass is 16.3. The summed E-state index contributed by atoms with van der Waals surface area (Å²) in [4.78, 5) is 6.73.